The molecule has 0 spiro atoms. The fourth-order valence-corrected chi connectivity index (χ4v) is 4.72. The van der Waals surface area contributed by atoms with E-state index in [1.807, 2.05) is 7.05 Å². The van der Waals surface area contributed by atoms with E-state index in [0.29, 0.717) is 33.4 Å². The minimum absolute atomic E-state index is 0.299. The number of nitrogens with one attached hydrogen (secondary N) is 1. The number of hydrogen-bond acceptors (Lipinski definition) is 3. The zero-order valence-electron chi connectivity index (χ0n) is 12.0. The second-order valence-corrected chi connectivity index (χ2v) is 8.52. The molecule has 0 radical (unpaired) electrons. The molecule has 4 nitrogen and oxygen atoms in total. The summed E-state index contributed by atoms with van der Waals surface area (Å²) in [5.74, 6) is 0.612. The van der Waals surface area contributed by atoms with Crippen LogP contribution in [0.25, 0.3) is 0 Å². The maximum absolute atomic E-state index is 12.6. The molecule has 0 saturated carbocycles. The number of sulfonamides is 1. The summed E-state index contributed by atoms with van der Waals surface area (Å²) in [5, 5.41) is 3.66. The highest BCUT2D eigenvalue weighted by atomic mass is 79.9. The van der Waals surface area contributed by atoms with Crippen LogP contribution in [0.15, 0.2) is 27.6 Å². The van der Waals surface area contributed by atoms with Gasteiger partial charge in [0.25, 0.3) is 0 Å². The topological polar surface area (TPSA) is 49.4 Å². The van der Waals surface area contributed by atoms with Gasteiger partial charge in [0.15, 0.2) is 0 Å². The Bertz CT molecular complexity index is 587. The predicted octanol–water partition coefficient (Wildman–Crippen LogP) is 3.11. The van der Waals surface area contributed by atoms with Gasteiger partial charge in [-0.15, -0.1) is 0 Å². The van der Waals surface area contributed by atoms with Crippen LogP contribution in [-0.2, 0) is 10.0 Å². The van der Waals surface area contributed by atoms with Crippen molar-refractivity contribution >= 4 is 37.6 Å². The van der Waals surface area contributed by atoms with E-state index >= 15 is 0 Å². The molecule has 0 atom stereocenters. The molecule has 0 amide bonds. The quantitative estimate of drug-likeness (QED) is 0.833. The molecule has 0 aliphatic carbocycles. The van der Waals surface area contributed by atoms with Gasteiger partial charge in [-0.2, -0.15) is 4.31 Å². The lowest BCUT2D eigenvalue weighted by Gasteiger charge is -2.31. The molecule has 0 unspecified atom stereocenters. The van der Waals surface area contributed by atoms with E-state index in [1.165, 1.54) is 0 Å². The van der Waals surface area contributed by atoms with Crippen LogP contribution in [0.2, 0.25) is 5.02 Å². The van der Waals surface area contributed by atoms with Gasteiger partial charge in [-0.05, 0) is 72.9 Å². The van der Waals surface area contributed by atoms with Crippen molar-refractivity contribution in [3.63, 3.8) is 0 Å². The highest BCUT2D eigenvalue weighted by Crippen LogP contribution is 2.29. The average Bonchev–Trinajstić information content (AvgIpc) is 2.48. The first-order valence-electron chi connectivity index (χ1n) is 7.05. The molecule has 2 rings (SSSR count). The SMILES string of the molecule is CNCCC1CCN(S(=O)(=O)c2ccc(Cl)c(Br)c2)CC1. The van der Waals surface area contributed by atoms with E-state index in [2.05, 4.69) is 21.2 Å². The maximum Gasteiger partial charge on any atom is 0.243 e. The smallest absolute Gasteiger partial charge is 0.243 e. The standard InChI is InChI=1S/C14H20BrClN2O2S/c1-17-7-4-11-5-8-18(9-6-11)21(19,20)12-2-3-14(16)13(15)10-12/h2-3,10-11,17H,4-9H2,1H3. The largest absolute Gasteiger partial charge is 0.320 e. The first kappa shape index (κ1) is 17.2. The van der Waals surface area contributed by atoms with Gasteiger partial charge >= 0.3 is 0 Å². The molecule has 1 fully saturated rings. The van der Waals surface area contributed by atoms with E-state index in [9.17, 15) is 8.42 Å². The Morgan fingerprint density at radius 2 is 2.05 bits per heavy atom. The third-order valence-electron chi connectivity index (χ3n) is 3.90. The summed E-state index contributed by atoms with van der Waals surface area (Å²) in [7, 11) is -1.47. The summed E-state index contributed by atoms with van der Waals surface area (Å²) in [6.07, 6.45) is 2.96. The monoisotopic (exact) mass is 394 g/mol. The molecule has 1 aliphatic rings. The average molecular weight is 396 g/mol. The molecule has 1 aromatic rings. The van der Waals surface area contributed by atoms with Crippen molar-refractivity contribution in [1.82, 2.24) is 9.62 Å². The normalized spacial score (nSPS) is 18.0. The number of benzene rings is 1. The van der Waals surface area contributed by atoms with Gasteiger partial charge in [-0.1, -0.05) is 11.6 Å². The van der Waals surface area contributed by atoms with Crippen LogP contribution < -0.4 is 5.32 Å². The molecule has 21 heavy (non-hydrogen) atoms. The number of hydrogen-bond donors (Lipinski definition) is 1. The van der Waals surface area contributed by atoms with Crippen LogP contribution in [0, 0.1) is 5.92 Å². The van der Waals surface area contributed by atoms with Crippen LogP contribution in [0.5, 0.6) is 0 Å². The Morgan fingerprint density at radius 3 is 2.62 bits per heavy atom. The van der Waals surface area contributed by atoms with E-state index in [1.54, 1.807) is 22.5 Å². The van der Waals surface area contributed by atoms with Crippen molar-refractivity contribution < 1.29 is 8.42 Å². The van der Waals surface area contributed by atoms with E-state index in [4.69, 9.17) is 11.6 Å². The van der Waals surface area contributed by atoms with Crippen molar-refractivity contribution in [3.8, 4) is 0 Å². The number of halogens is 2. The van der Waals surface area contributed by atoms with Gasteiger partial charge in [0.1, 0.15) is 0 Å². The van der Waals surface area contributed by atoms with Gasteiger partial charge in [0, 0.05) is 17.6 Å². The Morgan fingerprint density at radius 1 is 1.38 bits per heavy atom. The van der Waals surface area contributed by atoms with Crippen LogP contribution in [-0.4, -0.2) is 39.4 Å². The third-order valence-corrected chi connectivity index (χ3v) is 7.01. The zero-order valence-corrected chi connectivity index (χ0v) is 15.1. The number of piperidine rings is 1. The van der Waals surface area contributed by atoms with Gasteiger partial charge in [0.05, 0.1) is 9.92 Å². The van der Waals surface area contributed by atoms with Gasteiger partial charge in [-0.25, -0.2) is 8.42 Å². The van der Waals surface area contributed by atoms with Crippen molar-refractivity contribution in [1.29, 1.82) is 0 Å². The number of rotatable bonds is 5. The van der Waals surface area contributed by atoms with Crippen LogP contribution >= 0.6 is 27.5 Å². The Kier molecular flexibility index (Phi) is 6.08. The summed E-state index contributed by atoms with van der Waals surface area (Å²) in [4.78, 5) is 0.299. The highest BCUT2D eigenvalue weighted by Gasteiger charge is 2.29. The van der Waals surface area contributed by atoms with Crippen LogP contribution in [0.1, 0.15) is 19.3 Å². The second-order valence-electron chi connectivity index (χ2n) is 5.32. The highest BCUT2D eigenvalue weighted by molar-refractivity contribution is 9.10. The lowest BCUT2D eigenvalue weighted by molar-refractivity contribution is 0.263. The second kappa shape index (κ2) is 7.42. The minimum Gasteiger partial charge on any atom is -0.320 e. The fourth-order valence-electron chi connectivity index (χ4n) is 2.57. The van der Waals surface area contributed by atoms with Crippen LogP contribution in [0.4, 0.5) is 0 Å². The first-order valence-corrected chi connectivity index (χ1v) is 9.66. The Balaban J connectivity index is 2.06. The minimum atomic E-state index is -3.42. The molecule has 7 heteroatoms. The molecule has 1 aromatic carbocycles. The van der Waals surface area contributed by atoms with E-state index in [0.717, 1.165) is 25.8 Å². The molecule has 1 saturated heterocycles. The van der Waals surface area contributed by atoms with E-state index in [-0.39, 0.29) is 0 Å². The van der Waals surface area contributed by atoms with E-state index < -0.39 is 10.0 Å². The Labute approximate surface area is 140 Å². The lowest BCUT2D eigenvalue weighted by atomic mass is 9.95. The molecule has 1 N–H and O–H groups in total. The van der Waals surface area contributed by atoms with Crippen molar-refractivity contribution in [3.05, 3.63) is 27.7 Å². The summed E-state index contributed by atoms with van der Waals surface area (Å²) in [6, 6.07) is 4.75. The summed E-state index contributed by atoms with van der Waals surface area (Å²) in [6.45, 7) is 2.18. The molecule has 1 aliphatic heterocycles. The van der Waals surface area contributed by atoms with Gasteiger partial charge < -0.3 is 5.32 Å². The Hall–Kier alpha value is -0.140. The predicted molar refractivity (Wildman–Crippen MR) is 89.2 cm³/mol. The zero-order chi connectivity index (χ0) is 15.5. The molecule has 0 aromatic heterocycles. The van der Waals surface area contributed by atoms with Gasteiger partial charge in [0.2, 0.25) is 10.0 Å². The lowest BCUT2D eigenvalue weighted by Crippen LogP contribution is -2.38. The molecular formula is C14H20BrClN2O2S. The summed E-state index contributed by atoms with van der Waals surface area (Å²) < 4.78 is 27.4. The van der Waals surface area contributed by atoms with Crippen molar-refractivity contribution in [2.75, 3.05) is 26.7 Å². The maximum atomic E-state index is 12.6. The molecular weight excluding hydrogens is 376 g/mol. The number of nitrogens with zero attached hydrogens (tertiary/aromatic N) is 1. The van der Waals surface area contributed by atoms with Gasteiger partial charge in [-0.3, -0.25) is 0 Å². The first-order chi connectivity index (χ1) is 9.95. The summed E-state index contributed by atoms with van der Waals surface area (Å²) >= 11 is 9.20. The molecule has 0 bridgehead atoms. The van der Waals surface area contributed by atoms with Crippen molar-refractivity contribution in [2.45, 2.75) is 24.2 Å². The summed E-state index contributed by atoms with van der Waals surface area (Å²) in [5.41, 5.74) is 0. The molecule has 1 heterocycles. The molecule has 118 valence electrons. The van der Waals surface area contributed by atoms with Crippen molar-refractivity contribution in [2.24, 2.45) is 5.92 Å². The fraction of sp³-hybridized carbons (Fsp3) is 0.571. The van der Waals surface area contributed by atoms with Crippen LogP contribution in [0.3, 0.4) is 0 Å². The third kappa shape index (κ3) is 4.20.